The molecule has 0 aliphatic carbocycles. The Balaban J connectivity index is 2.36. The van der Waals surface area contributed by atoms with E-state index in [1.165, 1.54) is 0 Å². The number of hydrazine groups is 1. The van der Waals surface area contributed by atoms with Gasteiger partial charge in [0.2, 0.25) is 5.43 Å². The Morgan fingerprint density at radius 1 is 1.53 bits per heavy atom. The summed E-state index contributed by atoms with van der Waals surface area (Å²) in [5.74, 6) is 4.14. The molecule has 7 heteroatoms. The van der Waals surface area contributed by atoms with Crippen LogP contribution in [0.25, 0.3) is 0 Å². The van der Waals surface area contributed by atoms with E-state index in [1.807, 2.05) is 5.43 Å². The van der Waals surface area contributed by atoms with E-state index >= 15 is 0 Å². The maximum Gasteiger partial charge on any atom is 0.281 e. The minimum absolute atomic E-state index is 0.0612. The van der Waals surface area contributed by atoms with E-state index in [1.54, 1.807) is 0 Å². The first kappa shape index (κ1) is 13.6. The average Bonchev–Trinajstić information content (AvgIpc) is 2.80. The van der Waals surface area contributed by atoms with Gasteiger partial charge < -0.3 is 14.6 Å². The number of nitrogens with one attached hydrogen (secondary N) is 2. The van der Waals surface area contributed by atoms with Crippen LogP contribution in [0.1, 0.15) is 29.0 Å². The van der Waals surface area contributed by atoms with Gasteiger partial charge in [-0.3, -0.25) is 15.0 Å². The Bertz CT molecular complexity index is 546. The number of carbonyl (C=O) groups excluding carboxylic acids is 1. The van der Waals surface area contributed by atoms with Crippen molar-refractivity contribution in [2.45, 2.75) is 19.4 Å². The van der Waals surface area contributed by atoms with Crippen LogP contribution < -0.4 is 16.7 Å². The minimum atomic E-state index is -0.581. The van der Waals surface area contributed by atoms with Crippen molar-refractivity contribution in [1.29, 1.82) is 0 Å². The first-order valence-electron chi connectivity index (χ1n) is 6.25. The predicted molar refractivity (Wildman–Crippen MR) is 69.2 cm³/mol. The Morgan fingerprint density at radius 2 is 2.16 bits per heavy atom. The summed E-state index contributed by atoms with van der Waals surface area (Å²) in [6, 6.07) is 1.05. The molecule has 0 spiro atoms. The molecule has 1 saturated heterocycles. The highest BCUT2D eigenvalue weighted by atomic mass is 16.3. The Hall–Kier alpha value is -1.86. The molecule has 0 saturated carbocycles. The van der Waals surface area contributed by atoms with Gasteiger partial charge in [-0.25, -0.2) is 5.84 Å². The summed E-state index contributed by atoms with van der Waals surface area (Å²) in [6.45, 7) is 2.48. The summed E-state index contributed by atoms with van der Waals surface area (Å²) in [7, 11) is 2.07. The van der Waals surface area contributed by atoms with Crippen LogP contribution in [0.3, 0.4) is 0 Å². The van der Waals surface area contributed by atoms with Gasteiger partial charge in [-0.1, -0.05) is 0 Å². The van der Waals surface area contributed by atoms with Crippen LogP contribution in [0.5, 0.6) is 5.75 Å². The first-order valence-corrected chi connectivity index (χ1v) is 6.25. The molecule has 1 fully saturated rings. The number of hydrogen-bond donors (Lipinski definition) is 4. The number of aromatic nitrogens is 1. The van der Waals surface area contributed by atoms with E-state index < -0.39 is 11.3 Å². The average molecular weight is 267 g/mol. The van der Waals surface area contributed by atoms with Crippen LogP contribution >= 0.6 is 0 Å². The first-order chi connectivity index (χ1) is 8.95. The molecule has 1 aromatic rings. The Labute approximate surface area is 110 Å². The summed E-state index contributed by atoms with van der Waals surface area (Å²) in [4.78, 5) is 25.9. The third-order valence-electron chi connectivity index (χ3n) is 3.64. The van der Waals surface area contributed by atoms with Gasteiger partial charge >= 0.3 is 0 Å². The number of nitrogens with zero attached hydrogens (tertiary/aromatic N) is 1. The van der Waals surface area contributed by atoms with Crippen molar-refractivity contribution in [3.8, 4) is 5.75 Å². The summed E-state index contributed by atoms with van der Waals surface area (Å²) < 4.78 is 0.747. The summed E-state index contributed by atoms with van der Waals surface area (Å²) in [6.07, 6.45) is 2.26. The minimum Gasteiger partial charge on any atom is -0.503 e. The lowest BCUT2D eigenvalue weighted by atomic mass is 10.2. The largest absolute Gasteiger partial charge is 0.503 e. The van der Waals surface area contributed by atoms with Gasteiger partial charge in [0, 0.05) is 18.9 Å². The topological polar surface area (TPSA) is 108 Å². The number of aromatic hydroxyl groups is 1. The summed E-state index contributed by atoms with van der Waals surface area (Å²) in [5.41, 5.74) is 1.84. The highest BCUT2D eigenvalue weighted by Crippen LogP contribution is 2.22. The van der Waals surface area contributed by atoms with E-state index in [2.05, 4.69) is 12.0 Å². The fraction of sp³-hybridized carbons (Fsp3) is 0.500. The van der Waals surface area contributed by atoms with Crippen molar-refractivity contribution in [2.24, 2.45) is 5.84 Å². The number of aromatic amines is 1. The second-order valence-corrected chi connectivity index (χ2v) is 5.28. The van der Waals surface area contributed by atoms with Crippen molar-refractivity contribution in [3.05, 3.63) is 27.7 Å². The lowest BCUT2D eigenvalue weighted by molar-refractivity contribution is -0.911. The molecule has 1 aromatic heterocycles. The number of nitrogens with two attached hydrogens (primary N) is 1. The SMILES string of the molecule is C[N+]1(Cc2[nH]c(C(=O)NN)cc(=O)c2O)CCCC1. The van der Waals surface area contributed by atoms with Crippen molar-refractivity contribution >= 4 is 5.91 Å². The van der Waals surface area contributed by atoms with Gasteiger partial charge in [0.1, 0.15) is 17.9 Å². The molecule has 5 N–H and O–H groups in total. The molecule has 19 heavy (non-hydrogen) atoms. The molecule has 0 bridgehead atoms. The molecule has 0 radical (unpaired) electrons. The Kier molecular flexibility index (Phi) is 3.59. The Morgan fingerprint density at radius 3 is 2.74 bits per heavy atom. The zero-order valence-corrected chi connectivity index (χ0v) is 10.9. The van der Waals surface area contributed by atoms with Crippen molar-refractivity contribution in [2.75, 3.05) is 20.1 Å². The summed E-state index contributed by atoms with van der Waals surface area (Å²) in [5, 5.41) is 9.83. The zero-order valence-electron chi connectivity index (χ0n) is 10.9. The third-order valence-corrected chi connectivity index (χ3v) is 3.64. The molecule has 0 atom stereocenters. The maximum absolute atomic E-state index is 11.7. The fourth-order valence-corrected chi connectivity index (χ4v) is 2.56. The molecule has 1 aliphatic rings. The quantitative estimate of drug-likeness (QED) is 0.254. The number of nitrogen functional groups attached to an aromatic ring is 1. The molecule has 7 nitrogen and oxygen atoms in total. The fourth-order valence-electron chi connectivity index (χ4n) is 2.56. The summed E-state index contributed by atoms with van der Waals surface area (Å²) >= 11 is 0. The van der Waals surface area contributed by atoms with Crippen LogP contribution in [0.15, 0.2) is 10.9 Å². The van der Waals surface area contributed by atoms with Gasteiger partial charge in [-0.2, -0.15) is 0 Å². The van der Waals surface area contributed by atoms with Crippen LogP contribution in [-0.2, 0) is 6.54 Å². The van der Waals surface area contributed by atoms with Crippen molar-refractivity contribution in [1.82, 2.24) is 10.4 Å². The smallest absolute Gasteiger partial charge is 0.281 e. The number of rotatable bonds is 3. The highest BCUT2D eigenvalue weighted by Gasteiger charge is 2.29. The molecule has 104 valence electrons. The standard InChI is InChI=1S/C12H18N4O3/c1-16(4-2-3-5-16)7-9-11(18)10(17)6-8(14-9)12(19)15-13/h6H,2-5,7H2,1H3,(H4-,13,14,15,17,18,19)/p+1. The lowest BCUT2D eigenvalue weighted by Gasteiger charge is -2.29. The number of likely N-dealkylation sites (tertiary alicyclic amines) is 1. The molecule has 2 heterocycles. The lowest BCUT2D eigenvalue weighted by Crippen LogP contribution is -2.40. The third kappa shape index (κ3) is 2.77. The molecule has 2 rings (SSSR count). The van der Waals surface area contributed by atoms with E-state index in [-0.39, 0.29) is 11.4 Å². The molecule has 1 aliphatic heterocycles. The zero-order chi connectivity index (χ0) is 14.0. The second kappa shape index (κ2) is 5.02. The van der Waals surface area contributed by atoms with Crippen LogP contribution in [0.2, 0.25) is 0 Å². The number of hydrogen-bond acceptors (Lipinski definition) is 4. The van der Waals surface area contributed by atoms with Crippen LogP contribution in [0.4, 0.5) is 0 Å². The van der Waals surface area contributed by atoms with Crippen LogP contribution in [0, 0.1) is 0 Å². The molecule has 0 unspecified atom stereocenters. The maximum atomic E-state index is 11.7. The second-order valence-electron chi connectivity index (χ2n) is 5.28. The number of carbonyl (C=O) groups is 1. The molecular weight excluding hydrogens is 248 g/mol. The van der Waals surface area contributed by atoms with Gasteiger partial charge in [0.25, 0.3) is 5.91 Å². The van der Waals surface area contributed by atoms with Gasteiger partial charge in [-0.05, 0) is 0 Å². The molecule has 1 amide bonds. The normalized spacial score (nSPS) is 17.4. The van der Waals surface area contributed by atoms with Gasteiger partial charge in [0.15, 0.2) is 5.75 Å². The van der Waals surface area contributed by atoms with Gasteiger partial charge in [0.05, 0.1) is 20.1 Å². The van der Waals surface area contributed by atoms with Crippen molar-refractivity contribution in [3.63, 3.8) is 0 Å². The highest BCUT2D eigenvalue weighted by molar-refractivity contribution is 5.91. The van der Waals surface area contributed by atoms with Gasteiger partial charge in [-0.15, -0.1) is 0 Å². The number of H-pyrrole nitrogens is 1. The van der Waals surface area contributed by atoms with Crippen LogP contribution in [-0.4, -0.2) is 40.6 Å². The van der Waals surface area contributed by atoms with E-state index in [0.717, 1.165) is 36.5 Å². The monoisotopic (exact) mass is 267 g/mol. The number of pyridine rings is 1. The molecule has 0 aromatic carbocycles. The number of quaternary nitrogens is 1. The van der Waals surface area contributed by atoms with E-state index in [0.29, 0.717) is 12.2 Å². The van der Waals surface area contributed by atoms with E-state index in [4.69, 9.17) is 5.84 Å². The molecular formula is C12H19N4O3+. The van der Waals surface area contributed by atoms with Crippen molar-refractivity contribution < 1.29 is 14.4 Å². The predicted octanol–water partition coefficient (Wildman–Crippen LogP) is -0.576. The van der Waals surface area contributed by atoms with E-state index in [9.17, 15) is 14.7 Å². The number of amides is 1.